The maximum Gasteiger partial charge on any atom is 0.243 e. The number of rotatable bonds is 32. The van der Waals surface area contributed by atoms with E-state index in [-0.39, 0.29) is 68.0 Å². The zero-order chi connectivity index (χ0) is 61.5. The number of carbonyl (C=O) groups excluding carboxylic acids is 4. The molecule has 6 heterocycles. The summed E-state index contributed by atoms with van der Waals surface area (Å²) in [6.07, 6.45) is 2.59. The van der Waals surface area contributed by atoms with Crippen molar-refractivity contribution in [1.29, 1.82) is 0 Å². The van der Waals surface area contributed by atoms with E-state index in [1.165, 1.54) is 9.80 Å². The average molecular weight is 1230 g/mol. The van der Waals surface area contributed by atoms with Gasteiger partial charge in [-0.05, 0) is 80.0 Å². The molecule has 2 fully saturated rings. The van der Waals surface area contributed by atoms with Gasteiger partial charge in [0.2, 0.25) is 23.6 Å². The van der Waals surface area contributed by atoms with Gasteiger partial charge in [0.1, 0.15) is 35.4 Å². The molecule has 23 heteroatoms. The molecular weight excluding hydrogens is 1140 g/mol. The Morgan fingerprint density at radius 3 is 1.36 bits per heavy atom. The number of β-amino-alcohol motifs (C(OH)–C–C–N with tert-alkyl or cyclic N) is 2. The number of nitrogens with one attached hydrogen (secondary N) is 2. The molecule has 2 aliphatic heterocycles. The number of aliphatic hydroxyl groups excluding tert-OH is 3. The first kappa shape index (κ1) is 67.2. The van der Waals surface area contributed by atoms with Crippen molar-refractivity contribution in [3.63, 3.8) is 0 Å². The fourth-order valence-corrected chi connectivity index (χ4v) is 12.1. The van der Waals surface area contributed by atoms with Gasteiger partial charge in [0.15, 0.2) is 0 Å². The number of nitrogens with zero attached hydrogens (tertiary/aromatic N) is 6. The molecule has 0 saturated carbocycles. The highest BCUT2D eigenvalue weighted by Crippen LogP contribution is 2.34. The maximum absolute atomic E-state index is 13.8. The van der Waals surface area contributed by atoms with Crippen LogP contribution in [0.1, 0.15) is 124 Å². The van der Waals surface area contributed by atoms with Crippen molar-refractivity contribution in [2.45, 2.75) is 143 Å². The summed E-state index contributed by atoms with van der Waals surface area (Å²) in [5, 5.41) is 43.9. The Bertz CT molecular complexity index is 2820. The lowest BCUT2D eigenvalue weighted by atomic mass is 9.91. The lowest BCUT2D eigenvalue weighted by molar-refractivity contribution is -0.141. The van der Waals surface area contributed by atoms with Gasteiger partial charge in [0, 0.05) is 71.0 Å². The highest BCUT2D eigenvalue weighted by atomic mass is 32.1. The Morgan fingerprint density at radius 1 is 0.605 bits per heavy atom. The summed E-state index contributed by atoms with van der Waals surface area (Å²) in [4.78, 5) is 68.0. The molecule has 2 aliphatic rings. The molecule has 86 heavy (non-hydrogen) atoms. The minimum Gasteiger partial charge on any atom is -0.394 e. The predicted octanol–water partition coefficient (Wildman–Crippen LogP) is 7.58. The molecule has 21 nitrogen and oxygen atoms in total. The van der Waals surface area contributed by atoms with Gasteiger partial charge in [0.05, 0.1) is 95.4 Å². The molecule has 2 saturated heterocycles. The summed E-state index contributed by atoms with van der Waals surface area (Å²) in [6.45, 7) is 18.8. The largest absolute Gasteiger partial charge is 0.394 e. The smallest absolute Gasteiger partial charge is 0.243 e. The van der Waals surface area contributed by atoms with Crippen LogP contribution < -0.4 is 10.6 Å². The Hall–Kier alpha value is -6.28. The van der Waals surface area contributed by atoms with E-state index in [4.69, 9.17) is 33.1 Å². The summed E-state index contributed by atoms with van der Waals surface area (Å²) in [6, 6.07) is 18.0. The van der Waals surface area contributed by atoms with Crippen LogP contribution in [0.5, 0.6) is 0 Å². The van der Waals surface area contributed by atoms with Crippen LogP contribution in [-0.4, -0.2) is 166 Å². The van der Waals surface area contributed by atoms with Crippen LogP contribution in [-0.2, 0) is 64.1 Å². The van der Waals surface area contributed by atoms with Gasteiger partial charge >= 0.3 is 0 Å². The van der Waals surface area contributed by atoms with Crippen LogP contribution in [0.25, 0.3) is 20.9 Å². The highest BCUT2D eigenvalue weighted by Gasteiger charge is 2.45. The summed E-state index contributed by atoms with van der Waals surface area (Å²) in [7, 11) is 0. The maximum atomic E-state index is 13.8. The zero-order valence-corrected chi connectivity index (χ0v) is 52.2. The molecule has 0 radical (unpaired) electrons. The first-order valence-corrected chi connectivity index (χ1v) is 31.7. The van der Waals surface area contributed by atoms with E-state index in [0.29, 0.717) is 83.7 Å². The fraction of sp³-hybridized carbons (Fsp3) is 0.556. The summed E-state index contributed by atoms with van der Waals surface area (Å²) >= 11 is 3.19. The quantitative estimate of drug-likeness (QED) is 0.0255. The molecule has 8 rings (SSSR count). The predicted molar refractivity (Wildman–Crippen MR) is 326 cm³/mol. The van der Waals surface area contributed by atoms with E-state index in [1.54, 1.807) is 28.7 Å². The first-order valence-electron chi connectivity index (χ1n) is 29.9. The van der Waals surface area contributed by atoms with Crippen molar-refractivity contribution in [2.75, 3.05) is 72.6 Å². The second kappa shape index (κ2) is 34.3. The SMILES string of the molecule is CCCOCCOCCCc1cc(C(C(=O)N2C[C@H](O)C[C@H]2C(=O)NCc2ccc(-c3scnc3C)cc2)C(C)C)on1.Cc1ncsc1-c1ccc(CNC(=O)[C@@H]2C[C@@H](O)CN2C(=O)C(c2cc(CCCOCCOCCO)no2)C(C)C)cc1. The van der Waals surface area contributed by atoms with Gasteiger partial charge in [-0.25, -0.2) is 9.97 Å². The number of aliphatic hydroxyl groups is 3. The summed E-state index contributed by atoms with van der Waals surface area (Å²) in [5.74, 6) is -1.62. The lowest BCUT2D eigenvalue weighted by Crippen LogP contribution is -2.48. The van der Waals surface area contributed by atoms with E-state index < -0.39 is 36.1 Å². The monoisotopic (exact) mass is 1230 g/mol. The van der Waals surface area contributed by atoms with Gasteiger partial charge < -0.3 is 63.7 Å². The average Bonchev–Trinajstić information content (AvgIpc) is 4.12. The number of aryl methyl sites for hydroxylation is 4. The van der Waals surface area contributed by atoms with E-state index in [0.717, 1.165) is 80.7 Å². The van der Waals surface area contributed by atoms with Crippen molar-refractivity contribution in [3.05, 3.63) is 117 Å². The van der Waals surface area contributed by atoms with Crippen LogP contribution in [0.2, 0.25) is 0 Å². The molecule has 0 aliphatic carbocycles. The molecule has 468 valence electrons. The number of hydrogen-bond donors (Lipinski definition) is 5. The molecule has 2 aromatic carbocycles. The Morgan fingerprint density at radius 2 is 1.00 bits per heavy atom. The molecule has 5 N–H and O–H groups in total. The lowest BCUT2D eigenvalue weighted by Gasteiger charge is -2.28. The summed E-state index contributed by atoms with van der Waals surface area (Å²) < 4.78 is 33.0. The molecule has 4 aromatic heterocycles. The van der Waals surface area contributed by atoms with Crippen LogP contribution in [0.3, 0.4) is 0 Å². The van der Waals surface area contributed by atoms with Crippen LogP contribution in [0.15, 0.2) is 80.7 Å². The number of ether oxygens (including phenoxy) is 4. The third-order valence-corrected chi connectivity index (χ3v) is 16.9. The van der Waals surface area contributed by atoms with Crippen molar-refractivity contribution in [1.82, 2.24) is 40.7 Å². The molecule has 0 spiro atoms. The van der Waals surface area contributed by atoms with Crippen molar-refractivity contribution >= 4 is 46.3 Å². The van der Waals surface area contributed by atoms with Crippen molar-refractivity contribution < 1.29 is 62.5 Å². The van der Waals surface area contributed by atoms with Crippen LogP contribution >= 0.6 is 22.7 Å². The molecule has 6 aromatic rings. The van der Waals surface area contributed by atoms with Crippen molar-refractivity contribution in [3.8, 4) is 20.9 Å². The second-order valence-electron chi connectivity index (χ2n) is 22.4. The van der Waals surface area contributed by atoms with Crippen molar-refractivity contribution in [2.24, 2.45) is 11.8 Å². The standard InChI is InChI=1S/C32H44N4O6S.C31H42N4O7S/c1-5-12-40-14-15-41-13-6-7-25-16-28(42-35-25)29(21(2)3)32(39)36-19-26(37)17-27(36)31(38)33-18-23-8-10-24(11-9-23)30-22(4)34-20-43-30;1-20(2)28(27-15-24(34-42-27)5-4-11-40-13-14-41-12-10-36)31(39)35-18-25(37)16-26(35)30(38)32-17-22-6-8-23(9-7-22)29-21(3)33-19-43-29/h8-11,16,20-21,26-27,29,37H,5-7,12-15,17-19H2,1-4H3,(H,33,38);6-9,15,19-20,25-26,28,36-37H,4-5,10-14,16-18H2,1-3H3,(H,32,38)/t26-,27+,29?;25-,26+,28?/m11/s1. The minimum atomic E-state index is -0.784. The number of carbonyl (C=O) groups is 4. The first-order chi connectivity index (χ1) is 41.6. The fourth-order valence-electron chi connectivity index (χ4n) is 10.5. The number of hydrogen-bond acceptors (Lipinski definition) is 19. The van der Waals surface area contributed by atoms with Crippen LogP contribution in [0.4, 0.5) is 0 Å². The molecule has 2 unspecified atom stereocenters. The third kappa shape index (κ3) is 19.4. The Balaban J connectivity index is 0.000000246. The number of thiazole rings is 2. The normalized spacial score (nSPS) is 17.5. The number of likely N-dealkylation sites (tertiary alicyclic amines) is 2. The van der Waals surface area contributed by atoms with Gasteiger partial charge in [-0.2, -0.15) is 0 Å². The zero-order valence-electron chi connectivity index (χ0n) is 50.6. The van der Waals surface area contributed by atoms with E-state index in [9.17, 15) is 29.4 Å². The van der Waals surface area contributed by atoms with E-state index in [1.807, 2.05) is 107 Å². The van der Waals surface area contributed by atoms with Gasteiger partial charge in [0.25, 0.3) is 0 Å². The molecule has 0 bridgehead atoms. The number of aromatic nitrogens is 4. The third-order valence-electron chi connectivity index (χ3n) is 15.0. The second-order valence-corrected chi connectivity index (χ2v) is 24.1. The minimum absolute atomic E-state index is 0.00930. The number of benzene rings is 2. The van der Waals surface area contributed by atoms with E-state index >= 15 is 0 Å². The molecule has 4 amide bonds. The summed E-state index contributed by atoms with van der Waals surface area (Å²) in [5.41, 5.74) is 11.2. The van der Waals surface area contributed by atoms with Gasteiger partial charge in [-0.15, -0.1) is 22.7 Å². The highest BCUT2D eigenvalue weighted by molar-refractivity contribution is 7.13. The molecular formula is C63H86N8O13S2. The molecule has 6 atom stereocenters. The van der Waals surface area contributed by atoms with Gasteiger partial charge in [-0.1, -0.05) is 93.5 Å². The van der Waals surface area contributed by atoms with E-state index in [2.05, 4.69) is 37.8 Å². The van der Waals surface area contributed by atoms with Crippen LogP contribution in [0, 0.1) is 25.7 Å². The van der Waals surface area contributed by atoms with Gasteiger partial charge in [-0.3, -0.25) is 19.2 Å². The topological polar surface area (TPSA) is 274 Å². The Labute approximate surface area is 512 Å². The number of amides is 4. The Kier molecular flexibility index (Phi) is 26.8.